The second-order valence-electron chi connectivity index (χ2n) is 6.01. The van der Waals surface area contributed by atoms with Gasteiger partial charge in [-0.3, -0.25) is 0 Å². The van der Waals surface area contributed by atoms with Gasteiger partial charge in [0.15, 0.2) is 0 Å². The van der Waals surface area contributed by atoms with E-state index >= 15 is 0 Å². The molecule has 0 N–H and O–H groups in total. The smallest absolute Gasteiger partial charge is 0.349 e. The van der Waals surface area contributed by atoms with Crippen LogP contribution in [0.15, 0.2) is 35.9 Å². The maximum atomic E-state index is 14.7. The Bertz CT molecular complexity index is 839. The third-order valence-electron chi connectivity index (χ3n) is 4.21. The third kappa shape index (κ3) is 3.60. The topological polar surface area (TPSA) is 26.3 Å². The fourth-order valence-corrected chi connectivity index (χ4v) is 3.00. The van der Waals surface area contributed by atoms with Crippen LogP contribution < -0.4 is 4.74 Å². The first kappa shape index (κ1) is 17.3. The van der Waals surface area contributed by atoms with Crippen LogP contribution in [0, 0.1) is 17.5 Å². The molecule has 25 heavy (non-hydrogen) atoms. The van der Waals surface area contributed by atoms with Gasteiger partial charge in [-0.15, -0.1) is 0 Å². The van der Waals surface area contributed by atoms with Gasteiger partial charge in [0.25, 0.3) is 0 Å². The Morgan fingerprint density at radius 3 is 2.52 bits per heavy atom. The Balaban J connectivity index is 1.92. The standard InChI is InChI=1S/C20H17F3O2/c1-2-3-12-4-9-16-13(10-12)11-17(22)18(19(16)23)20(24)25-15-7-5-14(21)6-8-15/h5-8,10-11H,2-4,9H2,1H3. The van der Waals surface area contributed by atoms with Crippen molar-refractivity contribution in [1.82, 2.24) is 0 Å². The van der Waals surface area contributed by atoms with Gasteiger partial charge in [-0.2, -0.15) is 0 Å². The van der Waals surface area contributed by atoms with Crippen LogP contribution in [0.1, 0.15) is 47.7 Å². The van der Waals surface area contributed by atoms with Crippen molar-refractivity contribution in [1.29, 1.82) is 0 Å². The molecule has 0 aromatic heterocycles. The molecule has 0 bridgehead atoms. The van der Waals surface area contributed by atoms with Crippen molar-refractivity contribution in [2.24, 2.45) is 0 Å². The molecule has 0 saturated heterocycles. The first-order chi connectivity index (χ1) is 12.0. The van der Waals surface area contributed by atoms with Gasteiger partial charge in [0.05, 0.1) is 0 Å². The van der Waals surface area contributed by atoms with Gasteiger partial charge < -0.3 is 4.74 Å². The number of rotatable bonds is 4. The van der Waals surface area contributed by atoms with E-state index in [1.54, 1.807) is 6.08 Å². The maximum Gasteiger partial charge on any atom is 0.349 e. The van der Waals surface area contributed by atoms with E-state index in [1.165, 1.54) is 18.2 Å². The number of esters is 1. The second-order valence-corrected chi connectivity index (χ2v) is 6.01. The molecule has 0 unspecified atom stereocenters. The van der Waals surface area contributed by atoms with Crippen LogP contribution >= 0.6 is 0 Å². The normalized spacial score (nSPS) is 13.2. The molecule has 0 aliphatic heterocycles. The molecule has 5 heteroatoms. The summed E-state index contributed by atoms with van der Waals surface area (Å²) >= 11 is 0. The molecule has 0 atom stereocenters. The zero-order valence-electron chi connectivity index (χ0n) is 13.7. The van der Waals surface area contributed by atoms with E-state index in [0.29, 0.717) is 24.0 Å². The van der Waals surface area contributed by atoms with Crippen LogP contribution in [-0.2, 0) is 6.42 Å². The summed E-state index contributed by atoms with van der Waals surface area (Å²) in [5.41, 5.74) is 1.24. The fraction of sp³-hybridized carbons (Fsp3) is 0.250. The molecule has 0 heterocycles. The van der Waals surface area contributed by atoms with Gasteiger partial charge in [-0.05, 0) is 60.7 Å². The lowest BCUT2D eigenvalue weighted by Gasteiger charge is -2.18. The number of hydrogen-bond donors (Lipinski definition) is 0. The average molecular weight is 346 g/mol. The predicted molar refractivity (Wildman–Crippen MR) is 88.9 cm³/mol. The first-order valence-electron chi connectivity index (χ1n) is 8.17. The minimum absolute atomic E-state index is 0.0213. The minimum atomic E-state index is -1.13. The van der Waals surface area contributed by atoms with E-state index in [-0.39, 0.29) is 5.75 Å². The largest absolute Gasteiger partial charge is 0.423 e. The van der Waals surface area contributed by atoms with Crippen molar-refractivity contribution in [3.63, 3.8) is 0 Å². The summed E-state index contributed by atoms with van der Waals surface area (Å²) in [4.78, 5) is 12.2. The van der Waals surface area contributed by atoms with Gasteiger partial charge in [0.1, 0.15) is 28.8 Å². The number of benzene rings is 2. The lowest BCUT2D eigenvalue weighted by molar-refractivity contribution is 0.0724. The van der Waals surface area contributed by atoms with Gasteiger partial charge in [0, 0.05) is 0 Å². The lowest BCUT2D eigenvalue weighted by Crippen LogP contribution is -2.16. The molecule has 3 rings (SSSR count). The second kappa shape index (κ2) is 7.13. The molecule has 2 aromatic rings. The molecule has 0 radical (unpaired) electrons. The Morgan fingerprint density at radius 1 is 1.12 bits per heavy atom. The predicted octanol–water partition coefficient (Wildman–Crippen LogP) is 5.45. The van der Waals surface area contributed by atoms with Crippen molar-refractivity contribution in [3.8, 4) is 5.75 Å². The van der Waals surface area contributed by atoms with Crippen LogP contribution in [0.3, 0.4) is 0 Å². The number of fused-ring (bicyclic) bond motifs is 1. The van der Waals surface area contributed by atoms with Crippen molar-refractivity contribution in [3.05, 3.63) is 70.0 Å². The van der Waals surface area contributed by atoms with E-state index in [4.69, 9.17) is 4.74 Å². The van der Waals surface area contributed by atoms with Gasteiger partial charge in [-0.1, -0.05) is 25.0 Å². The summed E-state index contributed by atoms with van der Waals surface area (Å²) in [6.45, 7) is 2.05. The Kier molecular flexibility index (Phi) is 4.93. The van der Waals surface area contributed by atoms with E-state index in [1.807, 2.05) is 6.92 Å². The zero-order valence-corrected chi connectivity index (χ0v) is 13.7. The van der Waals surface area contributed by atoms with Crippen molar-refractivity contribution in [2.45, 2.75) is 32.6 Å². The Labute approximate surface area is 143 Å². The van der Waals surface area contributed by atoms with Crippen LogP contribution in [-0.4, -0.2) is 5.97 Å². The quantitative estimate of drug-likeness (QED) is 0.543. The molecule has 0 fully saturated rings. The molecule has 130 valence electrons. The molecule has 1 aliphatic rings. The molecular formula is C20H17F3O2. The SMILES string of the molecule is CCCC1=Cc2cc(F)c(C(=O)Oc3ccc(F)cc3)c(F)c2CC1. The van der Waals surface area contributed by atoms with Gasteiger partial charge >= 0.3 is 5.97 Å². The Morgan fingerprint density at radius 2 is 1.84 bits per heavy atom. The molecule has 2 aromatic carbocycles. The molecule has 0 spiro atoms. The lowest BCUT2D eigenvalue weighted by atomic mass is 9.88. The molecular weight excluding hydrogens is 329 g/mol. The third-order valence-corrected chi connectivity index (χ3v) is 4.21. The van der Waals surface area contributed by atoms with Crippen molar-refractivity contribution in [2.75, 3.05) is 0 Å². The maximum absolute atomic E-state index is 14.7. The monoisotopic (exact) mass is 346 g/mol. The summed E-state index contributed by atoms with van der Waals surface area (Å²) in [5.74, 6) is -3.45. The zero-order chi connectivity index (χ0) is 18.0. The highest BCUT2D eigenvalue weighted by Gasteiger charge is 2.26. The summed E-state index contributed by atoms with van der Waals surface area (Å²) < 4.78 is 46.9. The van der Waals surface area contributed by atoms with Crippen LogP contribution in [0.2, 0.25) is 0 Å². The average Bonchev–Trinajstić information content (AvgIpc) is 2.57. The van der Waals surface area contributed by atoms with Crippen LogP contribution in [0.5, 0.6) is 5.75 Å². The highest BCUT2D eigenvalue weighted by Crippen LogP contribution is 2.31. The minimum Gasteiger partial charge on any atom is -0.423 e. The van der Waals surface area contributed by atoms with Gasteiger partial charge in [-0.25, -0.2) is 18.0 Å². The molecule has 0 saturated carbocycles. The van der Waals surface area contributed by atoms with Crippen molar-refractivity contribution >= 4 is 12.0 Å². The number of carbonyl (C=O) groups is 1. The van der Waals surface area contributed by atoms with E-state index in [9.17, 15) is 18.0 Å². The molecule has 1 aliphatic carbocycles. The highest BCUT2D eigenvalue weighted by molar-refractivity contribution is 5.92. The summed E-state index contributed by atoms with van der Waals surface area (Å²) in [6, 6.07) is 5.82. The van der Waals surface area contributed by atoms with E-state index < -0.39 is 29.0 Å². The molecule has 2 nitrogen and oxygen atoms in total. The Hall–Kier alpha value is -2.56. The summed E-state index contributed by atoms with van der Waals surface area (Å²) in [5, 5.41) is 0. The number of allylic oxidation sites excluding steroid dienone is 1. The van der Waals surface area contributed by atoms with Crippen LogP contribution in [0.25, 0.3) is 6.08 Å². The van der Waals surface area contributed by atoms with E-state index in [2.05, 4.69) is 0 Å². The van der Waals surface area contributed by atoms with Crippen molar-refractivity contribution < 1.29 is 22.7 Å². The van der Waals surface area contributed by atoms with E-state index in [0.717, 1.165) is 30.5 Å². The van der Waals surface area contributed by atoms with Gasteiger partial charge in [0.2, 0.25) is 0 Å². The number of ether oxygens (including phenoxy) is 1. The highest BCUT2D eigenvalue weighted by atomic mass is 19.1. The summed E-state index contributed by atoms with van der Waals surface area (Å²) in [6.07, 6.45) is 4.76. The number of halogens is 3. The first-order valence-corrected chi connectivity index (χ1v) is 8.17. The number of hydrogen-bond acceptors (Lipinski definition) is 2. The van der Waals surface area contributed by atoms with Crippen LogP contribution in [0.4, 0.5) is 13.2 Å². The summed E-state index contributed by atoms with van der Waals surface area (Å²) in [7, 11) is 0. The molecule has 0 amide bonds. The fourth-order valence-electron chi connectivity index (χ4n) is 3.00. The number of carbonyl (C=O) groups excluding carboxylic acids is 1.